The highest BCUT2D eigenvalue weighted by molar-refractivity contribution is 7.98. The van der Waals surface area contributed by atoms with Gasteiger partial charge in [0, 0.05) is 55.5 Å². The van der Waals surface area contributed by atoms with E-state index < -0.39 is 0 Å². The van der Waals surface area contributed by atoms with E-state index in [0.29, 0.717) is 0 Å². The summed E-state index contributed by atoms with van der Waals surface area (Å²) in [4.78, 5) is 7.06. The first kappa shape index (κ1) is 26.4. The van der Waals surface area contributed by atoms with E-state index in [-0.39, 0.29) is 5.82 Å². The van der Waals surface area contributed by atoms with Crippen molar-refractivity contribution >= 4 is 39.0 Å². The monoisotopic (exact) mass is 524 g/mol. The lowest BCUT2D eigenvalue weighted by Gasteiger charge is -2.17. The molecule has 2 N–H and O–H groups in total. The largest absolute Gasteiger partial charge is 0.497 e. The van der Waals surface area contributed by atoms with Crippen LogP contribution in [-0.2, 0) is 5.75 Å². The van der Waals surface area contributed by atoms with Gasteiger partial charge in [0.05, 0.1) is 17.3 Å². The number of halogens is 1. The Hall–Kier alpha value is -2.65. The van der Waals surface area contributed by atoms with Gasteiger partial charge in [-0.3, -0.25) is 0 Å². The average Bonchev–Trinajstić information content (AvgIpc) is 3.33. The van der Waals surface area contributed by atoms with Crippen LogP contribution in [0.1, 0.15) is 5.56 Å². The van der Waals surface area contributed by atoms with Gasteiger partial charge in [0.25, 0.3) is 0 Å². The summed E-state index contributed by atoms with van der Waals surface area (Å²) in [6.45, 7) is 4.84. The molecule has 1 heterocycles. The van der Waals surface area contributed by atoms with Crippen LogP contribution in [0.5, 0.6) is 5.75 Å². The van der Waals surface area contributed by atoms with Gasteiger partial charge in [0.1, 0.15) is 16.6 Å². The number of rotatable bonds is 14. The molecule has 0 bridgehead atoms. The molecule has 0 saturated heterocycles. The zero-order chi connectivity index (χ0) is 25.2. The van der Waals surface area contributed by atoms with Gasteiger partial charge in [-0.1, -0.05) is 12.1 Å². The van der Waals surface area contributed by atoms with Crippen molar-refractivity contribution in [3.8, 4) is 16.3 Å². The Morgan fingerprint density at radius 1 is 0.972 bits per heavy atom. The lowest BCUT2D eigenvalue weighted by Crippen LogP contribution is -2.32. The third-order valence-electron chi connectivity index (χ3n) is 5.83. The summed E-state index contributed by atoms with van der Waals surface area (Å²) in [7, 11) is 3.88. The first-order valence-corrected chi connectivity index (χ1v) is 14.1. The van der Waals surface area contributed by atoms with Gasteiger partial charge in [0.15, 0.2) is 0 Å². The summed E-state index contributed by atoms with van der Waals surface area (Å²) < 4.78 is 19.5. The molecule has 4 aromatic rings. The van der Waals surface area contributed by atoms with Crippen LogP contribution in [0.4, 0.5) is 10.1 Å². The third-order valence-corrected chi connectivity index (χ3v) is 7.90. The van der Waals surface area contributed by atoms with E-state index in [2.05, 4.69) is 51.8 Å². The minimum atomic E-state index is -0.230. The van der Waals surface area contributed by atoms with Crippen LogP contribution in [0.15, 0.2) is 66.7 Å². The fourth-order valence-electron chi connectivity index (χ4n) is 3.68. The van der Waals surface area contributed by atoms with Crippen molar-refractivity contribution in [2.45, 2.75) is 5.75 Å². The highest BCUT2D eigenvalue weighted by Gasteiger charge is 2.07. The number of anilines is 1. The summed E-state index contributed by atoms with van der Waals surface area (Å²) in [5.74, 6) is 2.82. The van der Waals surface area contributed by atoms with Crippen molar-refractivity contribution in [2.24, 2.45) is 0 Å². The van der Waals surface area contributed by atoms with Crippen LogP contribution in [0.2, 0.25) is 0 Å². The molecular weight excluding hydrogens is 491 g/mol. The minimum Gasteiger partial charge on any atom is -0.497 e. The number of hydrogen-bond acceptors (Lipinski definition) is 7. The topological polar surface area (TPSA) is 49.4 Å². The number of thiazole rings is 1. The molecule has 0 atom stereocenters. The van der Waals surface area contributed by atoms with Gasteiger partial charge in [-0.2, -0.15) is 11.8 Å². The molecule has 0 spiro atoms. The van der Waals surface area contributed by atoms with E-state index in [4.69, 9.17) is 4.74 Å². The molecule has 0 unspecified atom stereocenters. The van der Waals surface area contributed by atoms with Crippen LogP contribution in [0, 0.1) is 5.82 Å². The Morgan fingerprint density at radius 3 is 2.56 bits per heavy atom. The maximum Gasteiger partial charge on any atom is 0.124 e. The number of nitrogens with one attached hydrogen (secondary N) is 2. The van der Waals surface area contributed by atoms with Gasteiger partial charge in [-0.05, 0) is 67.2 Å². The Balaban J connectivity index is 1.09. The fourth-order valence-corrected chi connectivity index (χ4v) is 5.71. The normalized spacial score (nSPS) is 11.3. The Morgan fingerprint density at radius 2 is 1.78 bits per heavy atom. The molecule has 0 fully saturated rings. The van der Waals surface area contributed by atoms with E-state index >= 15 is 0 Å². The van der Waals surface area contributed by atoms with Gasteiger partial charge in [-0.25, -0.2) is 9.37 Å². The summed E-state index contributed by atoms with van der Waals surface area (Å²) >= 11 is 3.59. The Labute approximate surface area is 221 Å². The van der Waals surface area contributed by atoms with Crippen LogP contribution >= 0.6 is 23.1 Å². The van der Waals surface area contributed by atoms with E-state index in [1.807, 2.05) is 30.0 Å². The molecule has 4 rings (SSSR count). The number of aromatic nitrogens is 1. The predicted molar refractivity (Wildman–Crippen MR) is 153 cm³/mol. The summed E-state index contributed by atoms with van der Waals surface area (Å²) in [6, 6.07) is 21.0. The number of thioether (sulfide) groups is 1. The van der Waals surface area contributed by atoms with Crippen molar-refractivity contribution in [3.63, 3.8) is 0 Å². The number of hydrogen-bond donors (Lipinski definition) is 2. The van der Waals surface area contributed by atoms with Gasteiger partial charge in [0.2, 0.25) is 0 Å². The quantitative estimate of drug-likeness (QED) is 0.198. The van der Waals surface area contributed by atoms with E-state index in [1.54, 1.807) is 30.6 Å². The van der Waals surface area contributed by atoms with Gasteiger partial charge in [-0.15, -0.1) is 11.3 Å². The molecule has 0 aliphatic rings. The maximum atomic E-state index is 13.2. The maximum absolute atomic E-state index is 13.2. The molecule has 0 amide bonds. The van der Waals surface area contributed by atoms with E-state index in [9.17, 15) is 4.39 Å². The van der Waals surface area contributed by atoms with Gasteiger partial charge >= 0.3 is 0 Å². The molecule has 1 aromatic heterocycles. The molecule has 8 heteroatoms. The minimum absolute atomic E-state index is 0.230. The third kappa shape index (κ3) is 7.93. The SMILES string of the molecule is COc1ccc(CSCCN(C)CCNCCNc2ccc3nc(-c4ccc(F)cc4)sc3c2)cc1. The Kier molecular flexibility index (Phi) is 9.98. The fraction of sp³-hybridized carbons (Fsp3) is 0.321. The molecule has 36 heavy (non-hydrogen) atoms. The Bertz CT molecular complexity index is 1210. The molecule has 190 valence electrons. The lowest BCUT2D eigenvalue weighted by atomic mass is 10.2. The van der Waals surface area contributed by atoms with Crippen LogP contribution < -0.4 is 15.4 Å². The van der Waals surface area contributed by atoms with Crippen molar-refractivity contribution in [3.05, 3.63) is 78.1 Å². The molecule has 5 nitrogen and oxygen atoms in total. The van der Waals surface area contributed by atoms with Crippen LogP contribution in [0.3, 0.4) is 0 Å². The van der Waals surface area contributed by atoms with E-state index in [1.165, 1.54) is 17.7 Å². The summed E-state index contributed by atoms with van der Waals surface area (Å²) in [6.07, 6.45) is 0. The summed E-state index contributed by atoms with van der Waals surface area (Å²) in [5.41, 5.74) is 4.33. The standard InChI is InChI=1S/C28H33FN4OS2/c1-33(17-18-35-20-21-3-10-25(34-2)11-4-21)16-15-30-13-14-31-24-9-12-26-27(19-24)36-28(32-26)22-5-7-23(29)8-6-22/h3-12,19,30-31H,13-18,20H2,1-2H3. The molecular formula is C28H33FN4OS2. The second-order valence-corrected chi connectivity index (χ2v) is 10.7. The number of methoxy groups -OCH3 is 1. The lowest BCUT2D eigenvalue weighted by molar-refractivity contribution is 0.353. The second kappa shape index (κ2) is 13.6. The van der Waals surface area contributed by atoms with Crippen molar-refractivity contribution in [2.75, 3.05) is 58.0 Å². The highest BCUT2D eigenvalue weighted by Crippen LogP contribution is 2.31. The van der Waals surface area contributed by atoms with Crippen molar-refractivity contribution in [1.29, 1.82) is 0 Å². The molecule has 3 aromatic carbocycles. The number of ether oxygens (including phenoxy) is 1. The number of nitrogens with zero attached hydrogens (tertiary/aromatic N) is 2. The molecule has 0 radical (unpaired) electrons. The van der Waals surface area contributed by atoms with Gasteiger partial charge < -0.3 is 20.3 Å². The predicted octanol–water partition coefficient (Wildman–Crippen LogP) is 5.98. The second-order valence-electron chi connectivity index (χ2n) is 8.59. The van der Waals surface area contributed by atoms with Crippen molar-refractivity contribution < 1.29 is 9.13 Å². The van der Waals surface area contributed by atoms with Crippen LogP contribution in [0.25, 0.3) is 20.8 Å². The number of benzene rings is 3. The molecule has 0 aliphatic carbocycles. The highest BCUT2D eigenvalue weighted by atomic mass is 32.2. The van der Waals surface area contributed by atoms with E-state index in [0.717, 1.165) is 76.5 Å². The molecule has 0 aliphatic heterocycles. The zero-order valence-electron chi connectivity index (χ0n) is 20.8. The number of likely N-dealkylation sites (N-methyl/N-ethyl adjacent to an activating group) is 1. The smallest absolute Gasteiger partial charge is 0.124 e. The number of fused-ring (bicyclic) bond motifs is 1. The first-order chi connectivity index (χ1) is 17.6. The molecule has 0 saturated carbocycles. The van der Waals surface area contributed by atoms with Crippen LogP contribution in [-0.4, -0.2) is 62.5 Å². The summed E-state index contributed by atoms with van der Waals surface area (Å²) in [5, 5.41) is 7.92. The average molecular weight is 525 g/mol. The first-order valence-electron chi connectivity index (χ1n) is 12.1. The van der Waals surface area contributed by atoms with Crippen molar-refractivity contribution in [1.82, 2.24) is 15.2 Å². The zero-order valence-corrected chi connectivity index (χ0v) is 22.4.